The minimum atomic E-state index is -4.56. The van der Waals surface area contributed by atoms with Gasteiger partial charge in [0, 0.05) is 21.5 Å². The first-order chi connectivity index (χ1) is 29.8. The van der Waals surface area contributed by atoms with E-state index in [9.17, 15) is 13.2 Å². The lowest BCUT2D eigenvalue weighted by Crippen LogP contribution is -2.06. The molecule has 2 heterocycles. The molecule has 0 amide bonds. The van der Waals surface area contributed by atoms with Gasteiger partial charge >= 0.3 is 6.18 Å². The van der Waals surface area contributed by atoms with Gasteiger partial charge in [-0.05, 0) is 146 Å². The molecule has 0 fully saturated rings. The maximum atomic E-state index is 14.4. The molecule has 0 aliphatic carbocycles. The number of rotatable bonds is 5. The molecule has 0 N–H and O–H groups in total. The highest BCUT2D eigenvalue weighted by molar-refractivity contribution is 6.13. The number of aryl methyl sites for hydroxylation is 6. The van der Waals surface area contributed by atoms with Crippen molar-refractivity contribution >= 4 is 49.3 Å². The van der Waals surface area contributed by atoms with Gasteiger partial charge in [0.1, 0.15) is 0 Å². The normalized spacial score (nSPS) is 11.9. The van der Waals surface area contributed by atoms with Crippen molar-refractivity contribution in [2.24, 2.45) is 0 Å². The van der Waals surface area contributed by atoms with E-state index in [0.29, 0.717) is 16.7 Å². The fourth-order valence-electron chi connectivity index (χ4n) is 9.91. The summed E-state index contributed by atoms with van der Waals surface area (Å²) in [6.45, 7) is 20.9. The monoisotopic (exact) mass is 813 g/mol. The average molecular weight is 814 g/mol. The molecule has 0 radical (unpaired) electrons. The Morgan fingerprint density at radius 3 is 1.56 bits per heavy atom. The zero-order chi connectivity index (χ0) is 43.2. The zero-order valence-electron chi connectivity index (χ0n) is 35.3. The molecule has 8 aromatic carbocycles. The smallest absolute Gasteiger partial charge is 0.308 e. The summed E-state index contributed by atoms with van der Waals surface area (Å²) >= 11 is 0. The predicted octanol–water partition coefficient (Wildman–Crippen LogP) is 16.3. The quantitative estimate of drug-likeness (QED) is 0.154. The fraction of sp³-hybridized carbons (Fsp3) is 0.125. The third-order valence-corrected chi connectivity index (χ3v) is 12.4. The van der Waals surface area contributed by atoms with Gasteiger partial charge in [-0.25, -0.2) is 4.85 Å². The molecule has 0 aliphatic rings. The number of halogens is 3. The molecule has 0 unspecified atom stereocenters. The van der Waals surface area contributed by atoms with Gasteiger partial charge in [-0.2, -0.15) is 13.2 Å². The lowest BCUT2D eigenvalue weighted by atomic mass is 9.93. The Labute approximate surface area is 358 Å². The van der Waals surface area contributed by atoms with Crippen molar-refractivity contribution in [3.63, 3.8) is 0 Å². The van der Waals surface area contributed by atoms with Crippen LogP contribution in [0.5, 0.6) is 0 Å². The molecule has 6 heteroatoms. The minimum Gasteiger partial charge on any atom is -0.308 e. The number of alkyl halides is 3. The van der Waals surface area contributed by atoms with Crippen LogP contribution in [0.3, 0.4) is 0 Å². The predicted molar refractivity (Wildman–Crippen MR) is 251 cm³/mol. The van der Waals surface area contributed by atoms with Crippen LogP contribution in [0.1, 0.15) is 38.9 Å². The van der Waals surface area contributed by atoms with Crippen molar-refractivity contribution in [2.75, 3.05) is 0 Å². The van der Waals surface area contributed by atoms with Crippen molar-refractivity contribution in [1.82, 2.24) is 9.13 Å². The van der Waals surface area contributed by atoms with E-state index >= 15 is 0 Å². The van der Waals surface area contributed by atoms with Crippen LogP contribution in [0, 0.1) is 48.1 Å². The van der Waals surface area contributed by atoms with Crippen LogP contribution in [0.25, 0.3) is 93.2 Å². The second kappa shape index (κ2) is 14.4. The van der Waals surface area contributed by atoms with Crippen molar-refractivity contribution in [3.8, 4) is 44.8 Å². The molecule has 0 atom stereocenters. The number of benzene rings is 8. The van der Waals surface area contributed by atoms with E-state index in [-0.39, 0.29) is 5.69 Å². The maximum absolute atomic E-state index is 14.4. The molecule has 10 aromatic rings. The highest BCUT2D eigenvalue weighted by Crippen LogP contribution is 2.46. The second-order valence-electron chi connectivity index (χ2n) is 16.8. The molecule has 302 valence electrons. The first-order valence-electron chi connectivity index (χ1n) is 20.8. The number of hydrogen-bond acceptors (Lipinski definition) is 0. The fourth-order valence-corrected chi connectivity index (χ4v) is 9.91. The Bertz CT molecular complexity index is 3510. The summed E-state index contributed by atoms with van der Waals surface area (Å²) in [7, 11) is 0. The van der Waals surface area contributed by atoms with Gasteiger partial charge in [0.25, 0.3) is 0 Å². The molecule has 62 heavy (non-hydrogen) atoms. The number of aromatic nitrogens is 2. The Hall–Kier alpha value is -7.36. The molecule has 2 aromatic heterocycles. The Balaban J connectivity index is 1.37. The van der Waals surface area contributed by atoms with Gasteiger partial charge in [0.05, 0.1) is 45.6 Å². The van der Waals surface area contributed by atoms with E-state index in [0.717, 1.165) is 83.3 Å². The number of hydrogen-bond donors (Lipinski definition) is 0. The van der Waals surface area contributed by atoms with Crippen LogP contribution in [0.4, 0.5) is 18.9 Å². The molecule has 0 saturated carbocycles. The lowest BCUT2D eigenvalue weighted by Gasteiger charge is -2.21. The topological polar surface area (TPSA) is 14.2 Å². The first kappa shape index (κ1) is 38.8. The maximum Gasteiger partial charge on any atom is 0.416 e. The van der Waals surface area contributed by atoms with Gasteiger partial charge in [-0.15, -0.1) is 0 Å². The van der Waals surface area contributed by atoms with Crippen LogP contribution in [0.2, 0.25) is 0 Å². The zero-order valence-corrected chi connectivity index (χ0v) is 35.3. The van der Waals surface area contributed by atoms with Crippen LogP contribution in [-0.2, 0) is 6.18 Å². The molecular weight excluding hydrogens is 772 g/mol. The summed E-state index contributed by atoms with van der Waals surface area (Å²) in [5.41, 5.74) is 16.4. The molecule has 10 rings (SSSR count). The van der Waals surface area contributed by atoms with Crippen LogP contribution < -0.4 is 0 Å². The van der Waals surface area contributed by atoms with Crippen LogP contribution >= 0.6 is 0 Å². The van der Waals surface area contributed by atoms with Crippen LogP contribution in [-0.4, -0.2) is 9.13 Å². The van der Waals surface area contributed by atoms with Gasteiger partial charge < -0.3 is 9.13 Å². The van der Waals surface area contributed by atoms with E-state index in [1.165, 1.54) is 33.9 Å². The average Bonchev–Trinajstić information content (AvgIpc) is 3.74. The van der Waals surface area contributed by atoms with Gasteiger partial charge in [0.2, 0.25) is 0 Å². The SMILES string of the molecule is [C-]#[N+]c1cc(-n2c3ccccc3c3ccc(-c4c(C)cc(C)cc4C)cc32)c(-n2c3ccccc3c3ccc(-c4ccc(C)cc4C)cc32)cc1-c1cc(C)cc(C(F)(F)F)c1. The highest BCUT2D eigenvalue weighted by Gasteiger charge is 2.32. The van der Waals surface area contributed by atoms with Crippen molar-refractivity contribution in [1.29, 1.82) is 0 Å². The van der Waals surface area contributed by atoms with E-state index in [1.54, 1.807) is 13.0 Å². The molecule has 0 spiro atoms. The van der Waals surface area contributed by atoms with Crippen molar-refractivity contribution < 1.29 is 13.2 Å². The van der Waals surface area contributed by atoms with Crippen molar-refractivity contribution in [3.05, 3.63) is 196 Å². The molecule has 0 bridgehead atoms. The summed E-state index contributed by atoms with van der Waals surface area (Å²) in [5, 5.41) is 4.19. The van der Waals surface area contributed by atoms with Gasteiger partial charge in [-0.1, -0.05) is 108 Å². The molecule has 0 aliphatic heterocycles. The molecule has 0 saturated heterocycles. The van der Waals surface area contributed by atoms with E-state index < -0.39 is 11.7 Å². The van der Waals surface area contributed by atoms with Gasteiger partial charge in [0.15, 0.2) is 5.69 Å². The van der Waals surface area contributed by atoms with E-state index in [1.807, 2.05) is 36.4 Å². The summed E-state index contributed by atoms with van der Waals surface area (Å²) in [6, 6.07) is 48.5. The van der Waals surface area contributed by atoms with E-state index in [4.69, 9.17) is 6.57 Å². The third-order valence-electron chi connectivity index (χ3n) is 12.4. The first-order valence-corrected chi connectivity index (χ1v) is 20.8. The van der Waals surface area contributed by atoms with Gasteiger partial charge in [-0.3, -0.25) is 0 Å². The van der Waals surface area contributed by atoms with Crippen molar-refractivity contribution in [2.45, 2.75) is 47.7 Å². The van der Waals surface area contributed by atoms with Crippen LogP contribution in [0.15, 0.2) is 146 Å². The number of nitrogens with zero attached hydrogens (tertiary/aromatic N) is 3. The minimum absolute atomic E-state index is 0.256. The highest BCUT2D eigenvalue weighted by atomic mass is 19.4. The third kappa shape index (κ3) is 6.27. The lowest BCUT2D eigenvalue weighted by molar-refractivity contribution is -0.137. The van der Waals surface area contributed by atoms with E-state index in [2.05, 4.69) is 140 Å². The second-order valence-corrected chi connectivity index (χ2v) is 16.8. The Morgan fingerprint density at radius 1 is 0.435 bits per heavy atom. The number of para-hydroxylation sites is 2. The number of fused-ring (bicyclic) bond motifs is 6. The summed E-state index contributed by atoms with van der Waals surface area (Å²) in [5.74, 6) is 0. The standard InChI is InChI=1S/C56H42F3N3/c1-32-16-19-42(35(4)22-32)38-17-20-45-43-12-8-10-14-49(43)61(51(45)28-38)53-30-47(40-25-34(3)26-41(27-40)56(57,58)59)48(60-7)31-54(53)62-50-15-11-9-13-44(50)46-21-18-39(29-52(46)62)55-36(5)23-33(2)24-37(55)6/h8-31H,1-6H3. The summed E-state index contributed by atoms with van der Waals surface area (Å²) < 4.78 is 47.8. The summed E-state index contributed by atoms with van der Waals surface area (Å²) in [4.78, 5) is 4.06. The molecule has 3 nitrogen and oxygen atoms in total. The Kier molecular flexibility index (Phi) is 9.01. The largest absolute Gasteiger partial charge is 0.416 e. The summed E-state index contributed by atoms with van der Waals surface area (Å²) in [6.07, 6.45) is -4.56. The molecular formula is C56H42F3N3. The Morgan fingerprint density at radius 2 is 0.968 bits per heavy atom.